The smallest absolute Gasteiger partial charge is 0.191 e. The zero-order valence-corrected chi connectivity index (χ0v) is 20.8. The Hall–Kier alpha value is -1.12. The maximum absolute atomic E-state index is 4.81. The molecule has 0 bridgehead atoms. The first-order valence-corrected chi connectivity index (χ1v) is 11.4. The van der Waals surface area contributed by atoms with Gasteiger partial charge in [0.25, 0.3) is 0 Å². The minimum absolute atomic E-state index is 0. The Morgan fingerprint density at radius 2 is 2.03 bits per heavy atom. The standard InChI is InChI=1S/C23H34N4S.HI/c1-3-24-23(25-16-19(2)22-10-7-15-28-22)26-17-21-12-14-27(18-21)13-11-20-8-5-4-6-9-20;/h4-10,15,19,21H,3,11-14,16-18H2,1-2H3,(H2,24,25,26);1H. The van der Waals surface area contributed by atoms with Gasteiger partial charge in [0.1, 0.15) is 0 Å². The summed E-state index contributed by atoms with van der Waals surface area (Å²) in [7, 11) is 0. The topological polar surface area (TPSA) is 39.7 Å². The van der Waals surface area contributed by atoms with Gasteiger partial charge in [-0.25, -0.2) is 0 Å². The zero-order valence-electron chi connectivity index (χ0n) is 17.6. The second-order valence-corrected chi connectivity index (χ2v) is 8.69. The molecule has 3 rings (SSSR count). The van der Waals surface area contributed by atoms with E-state index in [1.165, 1.54) is 30.0 Å². The number of hydrogen-bond acceptors (Lipinski definition) is 3. The molecule has 0 spiro atoms. The zero-order chi connectivity index (χ0) is 19.6. The largest absolute Gasteiger partial charge is 0.357 e. The van der Waals surface area contributed by atoms with Gasteiger partial charge in [-0.15, -0.1) is 35.3 Å². The molecule has 2 atom stereocenters. The van der Waals surface area contributed by atoms with Crippen molar-refractivity contribution in [3.05, 3.63) is 58.3 Å². The molecule has 2 unspecified atom stereocenters. The van der Waals surface area contributed by atoms with Crippen molar-refractivity contribution >= 4 is 41.3 Å². The Morgan fingerprint density at radius 3 is 2.76 bits per heavy atom. The molecule has 160 valence electrons. The molecule has 1 aliphatic heterocycles. The molecule has 1 aromatic heterocycles. The SMILES string of the molecule is CCNC(=NCC(C)c1cccs1)NCC1CCN(CCc2ccccc2)C1.I. The third-order valence-electron chi connectivity index (χ3n) is 5.38. The van der Waals surface area contributed by atoms with Gasteiger partial charge < -0.3 is 15.5 Å². The van der Waals surface area contributed by atoms with E-state index in [1.807, 2.05) is 11.3 Å². The van der Waals surface area contributed by atoms with Crippen molar-refractivity contribution in [3.8, 4) is 0 Å². The highest BCUT2D eigenvalue weighted by atomic mass is 127. The number of guanidine groups is 1. The second-order valence-electron chi connectivity index (χ2n) is 7.71. The van der Waals surface area contributed by atoms with Gasteiger partial charge in [0.15, 0.2) is 5.96 Å². The summed E-state index contributed by atoms with van der Waals surface area (Å²) in [6.07, 6.45) is 2.42. The first kappa shape index (κ1) is 24.2. The minimum Gasteiger partial charge on any atom is -0.357 e. The van der Waals surface area contributed by atoms with E-state index < -0.39 is 0 Å². The monoisotopic (exact) mass is 526 g/mol. The molecule has 0 saturated carbocycles. The molecule has 1 aromatic carbocycles. The van der Waals surface area contributed by atoms with Gasteiger partial charge in [-0.3, -0.25) is 4.99 Å². The van der Waals surface area contributed by atoms with Gasteiger partial charge >= 0.3 is 0 Å². The molecule has 0 amide bonds. The van der Waals surface area contributed by atoms with Gasteiger partial charge in [-0.2, -0.15) is 0 Å². The van der Waals surface area contributed by atoms with E-state index in [4.69, 9.17) is 4.99 Å². The lowest BCUT2D eigenvalue weighted by Gasteiger charge is -2.18. The van der Waals surface area contributed by atoms with Crippen molar-refractivity contribution in [1.29, 1.82) is 0 Å². The van der Waals surface area contributed by atoms with Crippen LogP contribution in [0.5, 0.6) is 0 Å². The Kier molecular flexibility index (Phi) is 11.0. The van der Waals surface area contributed by atoms with Crippen LogP contribution < -0.4 is 10.6 Å². The summed E-state index contributed by atoms with van der Waals surface area (Å²) in [5, 5.41) is 9.11. The van der Waals surface area contributed by atoms with Crippen molar-refractivity contribution in [2.24, 2.45) is 10.9 Å². The van der Waals surface area contributed by atoms with Crippen LogP contribution in [0.2, 0.25) is 0 Å². The molecule has 1 aliphatic rings. The number of nitrogens with zero attached hydrogens (tertiary/aromatic N) is 2. The summed E-state index contributed by atoms with van der Waals surface area (Å²) in [4.78, 5) is 8.82. The van der Waals surface area contributed by atoms with E-state index in [0.29, 0.717) is 11.8 Å². The van der Waals surface area contributed by atoms with Crippen LogP contribution in [0.4, 0.5) is 0 Å². The fourth-order valence-electron chi connectivity index (χ4n) is 3.69. The summed E-state index contributed by atoms with van der Waals surface area (Å²) < 4.78 is 0. The Morgan fingerprint density at radius 1 is 1.21 bits per heavy atom. The molecule has 2 aromatic rings. The van der Waals surface area contributed by atoms with Crippen LogP contribution in [-0.2, 0) is 6.42 Å². The first-order valence-electron chi connectivity index (χ1n) is 10.6. The molecule has 6 heteroatoms. The van der Waals surface area contributed by atoms with Crippen LogP contribution in [0, 0.1) is 5.92 Å². The molecule has 2 heterocycles. The Bertz CT molecular complexity index is 705. The van der Waals surface area contributed by atoms with Crippen molar-refractivity contribution < 1.29 is 0 Å². The van der Waals surface area contributed by atoms with Gasteiger partial charge in [-0.1, -0.05) is 43.3 Å². The quantitative estimate of drug-likeness (QED) is 0.285. The summed E-state index contributed by atoms with van der Waals surface area (Å²) in [5.41, 5.74) is 1.44. The van der Waals surface area contributed by atoms with E-state index in [1.54, 1.807) is 0 Å². The fraction of sp³-hybridized carbons (Fsp3) is 0.522. The molecule has 4 nitrogen and oxygen atoms in total. The molecule has 0 aliphatic carbocycles. The van der Waals surface area contributed by atoms with Crippen LogP contribution >= 0.6 is 35.3 Å². The van der Waals surface area contributed by atoms with Gasteiger partial charge in [0.05, 0.1) is 6.54 Å². The number of halogens is 1. The number of likely N-dealkylation sites (tertiary alicyclic amines) is 1. The normalized spacial score (nSPS) is 18.3. The fourth-order valence-corrected chi connectivity index (χ4v) is 4.47. The van der Waals surface area contributed by atoms with Crippen LogP contribution in [0.25, 0.3) is 0 Å². The Balaban J connectivity index is 0.00000300. The maximum Gasteiger partial charge on any atom is 0.191 e. The molecule has 1 fully saturated rings. The van der Waals surface area contributed by atoms with E-state index >= 15 is 0 Å². The summed E-state index contributed by atoms with van der Waals surface area (Å²) in [6.45, 7) is 10.7. The van der Waals surface area contributed by atoms with Crippen molar-refractivity contribution in [3.63, 3.8) is 0 Å². The Labute approximate surface area is 197 Å². The predicted octanol–water partition coefficient (Wildman–Crippen LogP) is 4.59. The average Bonchev–Trinajstić information content (AvgIpc) is 3.41. The van der Waals surface area contributed by atoms with Gasteiger partial charge in [0.2, 0.25) is 0 Å². The molecule has 29 heavy (non-hydrogen) atoms. The van der Waals surface area contributed by atoms with Crippen molar-refractivity contribution in [1.82, 2.24) is 15.5 Å². The number of rotatable bonds is 9. The maximum atomic E-state index is 4.81. The molecule has 1 saturated heterocycles. The van der Waals surface area contributed by atoms with Crippen LogP contribution in [0.3, 0.4) is 0 Å². The number of hydrogen-bond donors (Lipinski definition) is 2. The molecule has 2 N–H and O–H groups in total. The molecular formula is C23H35IN4S. The first-order chi connectivity index (χ1) is 13.7. The minimum atomic E-state index is 0. The summed E-state index contributed by atoms with van der Waals surface area (Å²) in [6, 6.07) is 15.1. The molecular weight excluding hydrogens is 491 g/mol. The number of nitrogens with one attached hydrogen (secondary N) is 2. The number of thiophene rings is 1. The van der Waals surface area contributed by atoms with Crippen molar-refractivity contribution in [2.75, 3.05) is 39.3 Å². The highest BCUT2D eigenvalue weighted by molar-refractivity contribution is 14.0. The van der Waals surface area contributed by atoms with Gasteiger partial charge in [0, 0.05) is 37.0 Å². The third-order valence-corrected chi connectivity index (χ3v) is 6.49. The number of benzene rings is 1. The van der Waals surface area contributed by atoms with Crippen LogP contribution in [0.15, 0.2) is 52.8 Å². The lowest BCUT2D eigenvalue weighted by molar-refractivity contribution is 0.328. The lowest BCUT2D eigenvalue weighted by Crippen LogP contribution is -2.40. The molecule has 0 radical (unpaired) electrons. The highest BCUT2D eigenvalue weighted by Gasteiger charge is 2.22. The third kappa shape index (κ3) is 8.26. The van der Waals surface area contributed by atoms with Crippen molar-refractivity contribution in [2.45, 2.75) is 32.6 Å². The van der Waals surface area contributed by atoms with Gasteiger partial charge in [-0.05, 0) is 49.2 Å². The van der Waals surface area contributed by atoms with E-state index in [9.17, 15) is 0 Å². The predicted molar refractivity (Wildman–Crippen MR) is 137 cm³/mol. The summed E-state index contributed by atoms with van der Waals surface area (Å²) >= 11 is 1.82. The van der Waals surface area contributed by atoms with E-state index in [2.05, 4.69) is 77.2 Å². The van der Waals surface area contributed by atoms with E-state index in [-0.39, 0.29) is 24.0 Å². The average molecular weight is 527 g/mol. The van der Waals surface area contributed by atoms with Crippen LogP contribution in [0.1, 0.15) is 36.6 Å². The number of aliphatic imine (C=N–C) groups is 1. The summed E-state index contributed by atoms with van der Waals surface area (Å²) in [5.74, 6) is 2.12. The van der Waals surface area contributed by atoms with Crippen LogP contribution in [-0.4, -0.2) is 50.1 Å². The second kappa shape index (κ2) is 13.2. The lowest BCUT2D eigenvalue weighted by atomic mass is 10.1. The van der Waals surface area contributed by atoms with E-state index in [0.717, 1.165) is 38.6 Å². The highest BCUT2D eigenvalue weighted by Crippen LogP contribution is 2.20.